The van der Waals surface area contributed by atoms with Gasteiger partial charge in [0.1, 0.15) is 0 Å². The molecule has 1 heterocycles. The molecule has 0 spiro atoms. The van der Waals surface area contributed by atoms with Crippen LogP contribution in [0.2, 0.25) is 0 Å². The Bertz CT molecular complexity index is 417. The third-order valence-electron chi connectivity index (χ3n) is 2.69. The Labute approximate surface area is 93.2 Å². The summed E-state index contributed by atoms with van der Waals surface area (Å²) in [6.45, 7) is 3.62. The maximum atomic E-state index is 11.7. The number of allylic oxidation sites excluding steroid dienone is 2. The lowest BCUT2D eigenvalue weighted by atomic mass is 9.88. The Morgan fingerprint density at radius 3 is 2.75 bits per heavy atom. The molecule has 16 heavy (non-hydrogen) atoms. The number of methoxy groups -OCH3 is 1. The van der Waals surface area contributed by atoms with Gasteiger partial charge in [-0.3, -0.25) is 9.59 Å². The maximum absolute atomic E-state index is 11.7. The van der Waals surface area contributed by atoms with Crippen LogP contribution in [0.15, 0.2) is 36.0 Å². The fourth-order valence-corrected chi connectivity index (χ4v) is 1.88. The molecule has 0 aromatic rings. The van der Waals surface area contributed by atoms with Crippen molar-refractivity contribution in [2.45, 2.75) is 18.8 Å². The molecule has 1 aliphatic heterocycles. The summed E-state index contributed by atoms with van der Waals surface area (Å²) in [6.07, 6.45) is 3.48. The molecule has 4 heteroatoms. The topological polar surface area (TPSA) is 52.6 Å². The van der Waals surface area contributed by atoms with Crippen LogP contribution < -0.4 is 0 Å². The van der Waals surface area contributed by atoms with Crippen LogP contribution in [-0.2, 0) is 19.1 Å². The Kier molecular flexibility index (Phi) is 2.85. The number of hydrogen-bond donors (Lipinski definition) is 0. The minimum atomic E-state index is -0.770. The van der Waals surface area contributed by atoms with E-state index in [2.05, 4.69) is 6.58 Å². The lowest BCUT2D eigenvalue weighted by Gasteiger charge is -2.31. The van der Waals surface area contributed by atoms with Gasteiger partial charge in [-0.25, -0.2) is 0 Å². The molecule has 2 atom stereocenters. The molecule has 0 radical (unpaired) electrons. The molecular formula is C12H12O4. The zero-order chi connectivity index (χ0) is 11.7. The molecule has 0 N–H and O–H groups in total. The Morgan fingerprint density at radius 2 is 2.12 bits per heavy atom. The Balaban J connectivity index is 2.44. The van der Waals surface area contributed by atoms with Crippen LogP contribution in [-0.4, -0.2) is 31.1 Å². The van der Waals surface area contributed by atoms with Crippen LogP contribution >= 0.6 is 0 Å². The fourth-order valence-electron chi connectivity index (χ4n) is 1.88. The number of carbonyl (C=O) groups is 2. The summed E-state index contributed by atoms with van der Waals surface area (Å²) in [6, 6.07) is 0. The van der Waals surface area contributed by atoms with E-state index in [0.29, 0.717) is 17.6 Å². The largest absolute Gasteiger partial charge is 0.351 e. The van der Waals surface area contributed by atoms with E-state index in [9.17, 15) is 9.59 Å². The van der Waals surface area contributed by atoms with Gasteiger partial charge in [0.05, 0.1) is 11.7 Å². The summed E-state index contributed by atoms with van der Waals surface area (Å²) in [7, 11) is 1.44. The number of ether oxygens (including phenoxy) is 2. The molecule has 84 valence electrons. The minimum Gasteiger partial charge on any atom is -0.351 e. The molecule has 0 amide bonds. The molecule has 2 rings (SSSR count). The standard InChI is InChI=1S/C12H12O4/c1-3-7-6-8-9(13)4-5-10(14)11(8)12(15-2)16-7/h3-5,7,12H,1,6H2,2H3. The third-order valence-corrected chi connectivity index (χ3v) is 2.69. The third kappa shape index (κ3) is 1.66. The predicted octanol–water partition coefficient (Wildman–Crippen LogP) is 0.938. The molecule has 2 unspecified atom stereocenters. The van der Waals surface area contributed by atoms with Crippen LogP contribution in [0.3, 0.4) is 0 Å². The number of carbonyl (C=O) groups excluding carboxylic acids is 2. The molecule has 2 aliphatic rings. The monoisotopic (exact) mass is 220 g/mol. The van der Waals surface area contributed by atoms with Gasteiger partial charge in [0.2, 0.25) is 0 Å². The second-order valence-electron chi connectivity index (χ2n) is 3.64. The second-order valence-corrected chi connectivity index (χ2v) is 3.64. The van der Waals surface area contributed by atoms with Crippen LogP contribution in [0.4, 0.5) is 0 Å². The highest BCUT2D eigenvalue weighted by molar-refractivity contribution is 6.20. The van der Waals surface area contributed by atoms with Crippen molar-refractivity contribution in [3.05, 3.63) is 36.0 Å². The van der Waals surface area contributed by atoms with Crippen molar-refractivity contribution in [3.63, 3.8) is 0 Å². The summed E-state index contributed by atoms with van der Waals surface area (Å²) in [4.78, 5) is 23.3. The number of ketones is 2. The minimum absolute atomic E-state index is 0.146. The first kappa shape index (κ1) is 11.0. The SMILES string of the molecule is C=CC1CC2=C(C(=O)C=CC2=O)C(OC)O1. The number of rotatable bonds is 2. The zero-order valence-corrected chi connectivity index (χ0v) is 8.93. The van der Waals surface area contributed by atoms with E-state index in [0.717, 1.165) is 0 Å². The quantitative estimate of drug-likeness (QED) is 0.513. The molecule has 4 nitrogen and oxygen atoms in total. The fraction of sp³-hybridized carbons (Fsp3) is 0.333. The van der Waals surface area contributed by atoms with Crippen molar-refractivity contribution in [1.82, 2.24) is 0 Å². The van der Waals surface area contributed by atoms with Gasteiger partial charge in [-0.1, -0.05) is 6.08 Å². The summed E-state index contributed by atoms with van der Waals surface area (Å²) in [5.41, 5.74) is 0.809. The van der Waals surface area contributed by atoms with Crippen LogP contribution in [0.1, 0.15) is 6.42 Å². The van der Waals surface area contributed by atoms with Gasteiger partial charge in [-0.15, -0.1) is 6.58 Å². The Morgan fingerprint density at radius 1 is 1.44 bits per heavy atom. The van der Waals surface area contributed by atoms with E-state index >= 15 is 0 Å². The van der Waals surface area contributed by atoms with Gasteiger partial charge in [0.25, 0.3) is 0 Å². The van der Waals surface area contributed by atoms with E-state index in [1.54, 1.807) is 6.08 Å². The van der Waals surface area contributed by atoms with E-state index in [4.69, 9.17) is 9.47 Å². The van der Waals surface area contributed by atoms with Gasteiger partial charge in [-0.2, -0.15) is 0 Å². The van der Waals surface area contributed by atoms with Gasteiger partial charge in [0, 0.05) is 19.1 Å². The van der Waals surface area contributed by atoms with Crippen LogP contribution in [0.5, 0.6) is 0 Å². The molecular weight excluding hydrogens is 208 g/mol. The molecule has 1 aliphatic carbocycles. The molecule has 0 saturated carbocycles. The van der Waals surface area contributed by atoms with Gasteiger partial charge in [0.15, 0.2) is 17.9 Å². The molecule has 0 bridgehead atoms. The van der Waals surface area contributed by atoms with Crippen molar-refractivity contribution >= 4 is 11.6 Å². The lowest BCUT2D eigenvalue weighted by Crippen LogP contribution is -2.36. The highest BCUT2D eigenvalue weighted by Crippen LogP contribution is 2.30. The molecule has 0 aromatic carbocycles. The van der Waals surface area contributed by atoms with Gasteiger partial charge >= 0.3 is 0 Å². The summed E-state index contributed by atoms with van der Waals surface area (Å²) in [5.74, 6) is -0.365. The van der Waals surface area contributed by atoms with E-state index in [1.807, 2.05) is 0 Å². The van der Waals surface area contributed by atoms with E-state index in [-0.39, 0.29) is 17.7 Å². The number of hydrogen-bond acceptors (Lipinski definition) is 4. The molecule has 0 fully saturated rings. The smallest absolute Gasteiger partial charge is 0.188 e. The molecule has 0 saturated heterocycles. The predicted molar refractivity (Wildman–Crippen MR) is 56.7 cm³/mol. The maximum Gasteiger partial charge on any atom is 0.188 e. The van der Waals surface area contributed by atoms with Crippen molar-refractivity contribution in [3.8, 4) is 0 Å². The van der Waals surface area contributed by atoms with Crippen molar-refractivity contribution in [1.29, 1.82) is 0 Å². The Hall–Kier alpha value is -1.52. The highest BCUT2D eigenvalue weighted by Gasteiger charge is 2.36. The van der Waals surface area contributed by atoms with E-state index < -0.39 is 6.29 Å². The second kappa shape index (κ2) is 4.15. The van der Waals surface area contributed by atoms with Crippen molar-refractivity contribution in [2.24, 2.45) is 0 Å². The van der Waals surface area contributed by atoms with Gasteiger partial charge < -0.3 is 9.47 Å². The first-order valence-electron chi connectivity index (χ1n) is 4.98. The highest BCUT2D eigenvalue weighted by atomic mass is 16.7. The van der Waals surface area contributed by atoms with E-state index in [1.165, 1.54) is 19.3 Å². The van der Waals surface area contributed by atoms with Crippen LogP contribution in [0, 0.1) is 0 Å². The van der Waals surface area contributed by atoms with Gasteiger partial charge in [-0.05, 0) is 12.2 Å². The zero-order valence-electron chi connectivity index (χ0n) is 8.93. The normalized spacial score (nSPS) is 29.3. The van der Waals surface area contributed by atoms with Crippen LogP contribution in [0.25, 0.3) is 0 Å². The summed E-state index contributed by atoms with van der Waals surface area (Å²) in [5, 5.41) is 0. The lowest BCUT2D eigenvalue weighted by molar-refractivity contribution is -0.141. The van der Waals surface area contributed by atoms with Crippen molar-refractivity contribution < 1.29 is 19.1 Å². The first-order chi connectivity index (χ1) is 7.67. The first-order valence-corrected chi connectivity index (χ1v) is 4.98. The summed E-state index contributed by atoms with van der Waals surface area (Å²) >= 11 is 0. The average molecular weight is 220 g/mol. The summed E-state index contributed by atoms with van der Waals surface area (Å²) < 4.78 is 10.5. The molecule has 0 aromatic heterocycles. The van der Waals surface area contributed by atoms with Crippen molar-refractivity contribution in [2.75, 3.05) is 7.11 Å². The average Bonchev–Trinajstić information content (AvgIpc) is 2.32.